The number of nitrogens with zero attached hydrogens (tertiary/aromatic N) is 3. The fraction of sp³-hybridized carbons (Fsp3) is 0.368. The Bertz CT molecular complexity index is 964. The Morgan fingerprint density at radius 2 is 2.11 bits per heavy atom. The summed E-state index contributed by atoms with van der Waals surface area (Å²) >= 11 is 1.42. The molecule has 3 N–H and O–H groups in total. The summed E-state index contributed by atoms with van der Waals surface area (Å²) in [6, 6.07) is 3.84. The minimum absolute atomic E-state index is 0.0687. The molecule has 0 aliphatic heterocycles. The van der Waals surface area contributed by atoms with E-state index < -0.39 is 5.60 Å². The molecule has 27 heavy (non-hydrogen) atoms. The molecule has 1 unspecified atom stereocenters. The average molecular weight is 385 g/mol. The van der Waals surface area contributed by atoms with Crippen LogP contribution in [0.15, 0.2) is 29.9 Å². The second-order valence-corrected chi connectivity index (χ2v) is 8.10. The van der Waals surface area contributed by atoms with Crippen LogP contribution in [0.25, 0.3) is 10.2 Å². The highest BCUT2D eigenvalue weighted by molar-refractivity contribution is 7.17. The molecule has 0 radical (unpaired) electrons. The number of carbonyl (C=O) groups is 1. The van der Waals surface area contributed by atoms with Crippen LogP contribution in [0.4, 0.5) is 5.95 Å². The second kappa shape index (κ2) is 7.58. The van der Waals surface area contributed by atoms with Gasteiger partial charge in [-0.05, 0) is 50.3 Å². The predicted octanol–water partition coefficient (Wildman–Crippen LogP) is 3.07. The highest BCUT2D eigenvalue weighted by Crippen LogP contribution is 2.25. The topological polar surface area (TPSA) is 100 Å². The van der Waals surface area contributed by atoms with Crippen molar-refractivity contribution in [1.29, 1.82) is 0 Å². The summed E-state index contributed by atoms with van der Waals surface area (Å²) in [5, 5.41) is 17.7. The maximum atomic E-state index is 12.6. The third kappa shape index (κ3) is 4.78. The largest absolute Gasteiger partial charge is 0.389 e. The van der Waals surface area contributed by atoms with Crippen molar-refractivity contribution in [2.24, 2.45) is 0 Å². The number of carbonyl (C=O) groups excluding carboxylic acids is 1. The minimum atomic E-state index is -0.995. The average Bonchev–Trinajstić information content (AvgIpc) is 3.06. The Morgan fingerprint density at radius 3 is 2.81 bits per heavy atom. The lowest BCUT2D eigenvalue weighted by Crippen LogP contribution is -2.38. The molecule has 0 saturated carbocycles. The van der Waals surface area contributed by atoms with E-state index in [1.807, 2.05) is 31.4 Å². The number of aryl methyl sites for hydroxylation is 1. The zero-order chi connectivity index (χ0) is 19.6. The quantitative estimate of drug-likeness (QED) is 0.603. The number of nitrogens with one attached hydrogen (secondary N) is 2. The summed E-state index contributed by atoms with van der Waals surface area (Å²) in [4.78, 5) is 25.8. The van der Waals surface area contributed by atoms with E-state index in [0.29, 0.717) is 17.2 Å². The van der Waals surface area contributed by atoms with Crippen molar-refractivity contribution in [1.82, 2.24) is 20.3 Å². The number of anilines is 1. The summed E-state index contributed by atoms with van der Waals surface area (Å²) in [5.74, 6) is 0.0446. The second-order valence-electron chi connectivity index (χ2n) is 7.19. The normalized spacial score (nSPS) is 12.8. The molecule has 0 aromatic carbocycles. The van der Waals surface area contributed by atoms with E-state index in [-0.39, 0.29) is 18.5 Å². The van der Waals surface area contributed by atoms with Crippen LogP contribution in [0.2, 0.25) is 0 Å². The molecular weight excluding hydrogens is 362 g/mol. The zero-order valence-electron chi connectivity index (χ0n) is 15.8. The number of aromatic nitrogens is 3. The zero-order valence-corrected chi connectivity index (χ0v) is 16.6. The molecule has 0 saturated heterocycles. The molecule has 1 amide bonds. The van der Waals surface area contributed by atoms with Crippen LogP contribution in [0.1, 0.15) is 48.4 Å². The van der Waals surface area contributed by atoms with Gasteiger partial charge in [0, 0.05) is 18.9 Å². The number of rotatable bonds is 6. The van der Waals surface area contributed by atoms with Crippen molar-refractivity contribution in [2.45, 2.75) is 39.3 Å². The first-order chi connectivity index (χ1) is 12.7. The highest BCUT2D eigenvalue weighted by Gasteiger charge is 2.20. The Hall–Kier alpha value is -2.58. The molecule has 8 heteroatoms. The van der Waals surface area contributed by atoms with Gasteiger partial charge in [-0.1, -0.05) is 6.07 Å². The first-order valence-corrected chi connectivity index (χ1v) is 9.55. The summed E-state index contributed by atoms with van der Waals surface area (Å²) in [6.07, 6.45) is 3.60. The van der Waals surface area contributed by atoms with E-state index in [9.17, 15) is 9.90 Å². The van der Waals surface area contributed by atoms with Gasteiger partial charge in [-0.25, -0.2) is 9.97 Å². The van der Waals surface area contributed by atoms with Crippen LogP contribution < -0.4 is 10.6 Å². The minimum Gasteiger partial charge on any atom is -0.389 e. The summed E-state index contributed by atoms with van der Waals surface area (Å²) in [5.41, 5.74) is 2.10. The molecule has 3 aromatic heterocycles. The number of thiophene rings is 1. The number of fused-ring (bicyclic) bond motifs is 1. The van der Waals surface area contributed by atoms with Crippen molar-refractivity contribution >= 4 is 33.4 Å². The molecule has 0 fully saturated rings. The lowest BCUT2D eigenvalue weighted by atomic mass is 10.1. The van der Waals surface area contributed by atoms with E-state index in [2.05, 4.69) is 25.6 Å². The third-order valence-electron chi connectivity index (χ3n) is 3.94. The SMILES string of the molecule is Cc1cncc(C(C)Nc2nc(C(=O)NCC(C)(C)O)c3sccc3n2)c1. The van der Waals surface area contributed by atoms with Crippen LogP contribution >= 0.6 is 11.3 Å². The molecule has 0 aliphatic carbocycles. The lowest BCUT2D eigenvalue weighted by Gasteiger charge is -2.18. The van der Waals surface area contributed by atoms with Crippen LogP contribution in [-0.2, 0) is 0 Å². The number of pyridine rings is 1. The van der Waals surface area contributed by atoms with Crippen molar-refractivity contribution in [3.8, 4) is 0 Å². The molecule has 0 aliphatic rings. The molecule has 0 bridgehead atoms. The fourth-order valence-electron chi connectivity index (χ4n) is 2.55. The van der Waals surface area contributed by atoms with E-state index in [4.69, 9.17) is 0 Å². The van der Waals surface area contributed by atoms with Gasteiger partial charge in [-0.15, -0.1) is 11.3 Å². The Labute approximate surface area is 161 Å². The maximum absolute atomic E-state index is 12.6. The van der Waals surface area contributed by atoms with Crippen LogP contribution in [-0.4, -0.2) is 38.1 Å². The molecule has 0 spiro atoms. The van der Waals surface area contributed by atoms with Crippen molar-refractivity contribution in [3.63, 3.8) is 0 Å². The van der Waals surface area contributed by atoms with Gasteiger partial charge in [0.2, 0.25) is 5.95 Å². The summed E-state index contributed by atoms with van der Waals surface area (Å²) in [7, 11) is 0. The predicted molar refractivity (Wildman–Crippen MR) is 107 cm³/mol. The molecule has 3 aromatic rings. The van der Waals surface area contributed by atoms with Crippen LogP contribution in [0.3, 0.4) is 0 Å². The smallest absolute Gasteiger partial charge is 0.271 e. The van der Waals surface area contributed by atoms with Gasteiger partial charge in [-0.2, -0.15) is 0 Å². The van der Waals surface area contributed by atoms with Crippen LogP contribution in [0.5, 0.6) is 0 Å². The van der Waals surface area contributed by atoms with Gasteiger partial charge in [0.25, 0.3) is 5.91 Å². The molecule has 1 atom stereocenters. The third-order valence-corrected chi connectivity index (χ3v) is 4.85. The standard InChI is InChI=1S/C19H23N5O2S/c1-11-7-13(9-20-8-11)12(2)22-18-23-14-5-6-27-16(14)15(24-18)17(25)21-10-19(3,4)26/h5-9,12,26H,10H2,1-4H3,(H,21,25)(H,22,23,24). The van der Waals surface area contributed by atoms with E-state index >= 15 is 0 Å². The lowest BCUT2D eigenvalue weighted by molar-refractivity contribution is 0.0693. The van der Waals surface area contributed by atoms with Gasteiger partial charge in [0.15, 0.2) is 5.69 Å². The summed E-state index contributed by atoms with van der Waals surface area (Å²) < 4.78 is 0.721. The van der Waals surface area contributed by atoms with Crippen molar-refractivity contribution < 1.29 is 9.90 Å². The molecular formula is C19H23N5O2S. The first kappa shape index (κ1) is 19.2. The van der Waals surface area contributed by atoms with E-state index in [1.165, 1.54) is 11.3 Å². The van der Waals surface area contributed by atoms with Crippen molar-refractivity contribution in [2.75, 3.05) is 11.9 Å². The Balaban J connectivity index is 1.87. The van der Waals surface area contributed by atoms with Crippen LogP contribution in [0, 0.1) is 6.92 Å². The van der Waals surface area contributed by atoms with Gasteiger partial charge >= 0.3 is 0 Å². The fourth-order valence-corrected chi connectivity index (χ4v) is 3.37. The summed E-state index contributed by atoms with van der Waals surface area (Å²) in [6.45, 7) is 7.39. The molecule has 7 nitrogen and oxygen atoms in total. The number of amides is 1. The number of hydrogen-bond acceptors (Lipinski definition) is 7. The molecule has 3 heterocycles. The number of aliphatic hydroxyl groups is 1. The van der Waals surface area contributed by atoms with Gasteiger partial charge in [-0.3, -0.25) is 9.78 Å². The Morgan fingerprint density at radius 1 is 1.33 bits per heavy atom. The van der Waals surface area contributed by atoms with Gasteiger partial charge in [0.05, 0.1) is 21.9 Å². The Kier molecular flexibility index (Phi) is 5.38. The van der Waals surface area contributed by atoms with Crippen molar-refractivity contribution in [3.05, 3.63) is 46.7 Å². The molecule has 142 valence electrons. The monoisotopic (exact) mass is 385 g/mol. The van der Waals surface area contributed by atoms with E-state index in [1.54, 1.807) is 26.2 Å². The molecule has 3 rings (SSSR count). The van der Waals surface area contributed by atoms with Gasteiger partial charge in [0.1, 0.15) is 0 Å². The van der Waals surface area contributed by atoms with E-state index in [0.717, 1.165) is 15.8 Å². The van der Waals surface area contributed by atoms with Gasteiger partial charge < -0.3 is 15.7 Å². The maximum Gasteiger partial charge on any atom is 0.271 e. The first-order valence-electron chi connectivity index (χ1n) is 8.67. The highest BCUT2D eigenvalue weighted by atomic mass is 32.1. The number of hydrogen-bond donors (Lipinski definition) is 3.